The van der Waals surface area contributed by atoms with Gasteiger partial charge in [-0.15, -0.1) is 0 Å². The maximum atomic E-state index is 12.5. The van der Waals surface area contributed by atoms with Gasteiger partial charge in [0, 0.05) is 18.4 Å². The molecule has 26 heavy (non-hydrogen) atoms. The minimum atomic E-state index is -3.65. The van der Waals surface area contributed by atoms with Crippen LogP contribution in [0.1, 0.15) is 45.2 Å². The van der Waals surface area contributed by atoms with Crippen LogP contribution in [0, 0.1) is 0 Å². The molecule has 6 nitrogen and oxygen atoms in total. The van der Waals surface area contributed by atoms with E-state index in [0.717, 1.165) is 18.4 Å². The summed E-state index contributed by atoms with van der Waals surface area (Å²) in [7, 11) is -3.65. The summed E-state index contributed by atoms with van der Waals surface area (Å²) in [5.74, 6) is 1.30. The lowest BCUT2D eigenvalue weighted by atomic mass is 10.1. The molecule has 1 aromatic heterocycles. The molecule has 0 aliphatic carbocycles. The normalized spacial score (nSPS) is 12.6. The summed E-state index contributed by atoms with van der Waals surface area (Å²) in [5, 5.41) is 0. The smallest absolute Gasteiger partial charge is 0.242 e. The van der Waals surface area contributed by atoms with Gasteiger partial charge in [0.15, 0.2) is 11.5 Å². The van der Waals surface area contributed by atoms with Gasteiger partial charge in [-0.25, -0.2) is 13.1 Å². The summed E-state index contributed by atoms with van der Waals surface area (Å²) >= 11 is 0. The SMILES string of the molecule is CCCOc1ccc(C(C)NS(=O)(=O)c2cccnc2)cc1OCCC. The lowest BCUT2D eigenvalue weighted by Crippen LogP contribution is -2.27. The average Bonchev–Trinajstić information content (AvgIpc) is 2.65. The van der Waals surface area contributed by atoms with Gasteiger partial charge in [0.25, 0.3) is 0 Å². The van der Waals surface area contributed by atoms with Crippen molar-refractivity contribution in [2.24, 2.45) is 0 Å². The van der Waals surface area contributed by atoms with Gasteiger partial charge in [0.05, 0.1) is 13.2 Å². The maximum Gasteiger partial charge on any atom is 0.242 e. The fourth-order valence-electron chi connectivity index (χ4n) is 2.32. The molecule has 0 saturated carbocycles. The van der Waals surface area contributed by atoms with Crippen molar-refractivity contribution in [3.05, 3.63) is 48.3 Å². The molecular weight excluding hydrogens is 352 g/mol. The topological polar surface area (TPSA) is 77.5 Å². The highest BCUT2D eigenvalue weighted by molar-refractivity contribution is 7.89. The molecule has 2 aromatic rings. The van der Waals surface area contributed by atoms with Gasteiger partial charge in [0.2, 0.25) is 10.0 Å². The van der Waals surface area contributed by atoms with Crippen LogP contribution < -0.4 is 14.2 Å². The largest absolute Gasteiger partial charge is 0.490 e. The van der Waals surface area contributed by atoms with Crippen LogP contribution in [0.4, 0.5) is 0 Å². The Hall–Kier alpha value is -2.12. The van der Waals surface area contributed by atoms with Crippen LogP contribution in [-0.2, 0) is 10.0 Å². The first-order valence-corrected chi connectivity index (χ1v) is 10.3. The van der Waals surface area contributed by atoms with Gasteiger partial charge in [-0.1, -0.05) is 19.9 Å². The average molecular weight is 378 g/mol. The molecule has 142 valence electrons. The van der Waals surface area contributed by atoms with E-state index in [9.17, 15) is 8.42 Å². The van der Waals surface area contributed by atoms with Crippen LogP contribution >= 0.6 is 0 Å². The molecular formula is C19H26N2O4S. The fourth-order valence-corrected chi connectivity index (χ4v) is 3.52. The summed E-state index contributed by atoms with van der Waals surface area (Å²) in [6, 6.07) is 8.18. The Balaban J connectivity index is 2.21. The number of nitrogens with zero attached hydrogens (tertiary/aromatic N) is 1. The van der Waals surface area contributed by atoms with E-state index in [1.165, 1.54) is 18.5 Å². The number of ether oxygens (including phenoxy) is 2. The molecule has 1 unspecified atom stereocenters. The first kappa shape index (κ1) is 20.2. The Morgan fingerprint density at radius 2 is 1.77 bits per heavy atom. The third-order valence-electron chi connectivity index (χ3n) is 3.67. The van der Waals surface area contributed by atoms with Crippen LogP contribution in [0.2, 0.25) is 0 Å². The Morgan fingerprint density at radius 1 is 1.08 bits per heavy atom. The molecule has 0 bridgehead atoms. The third-order valence-corrected chi connectivity index (χ3v) is 5.19. The van der Waals surface area contributed by atoms with Crippen molar-refractivity contribution in [3.63, 3.8) is 0 Å². The molecule has 1 N–H and O–H groups in total. The van der Waals surface area contributed by atoms with Crippen molar-refractivity contribution >= 4 is 10.0 Å². The van der Waals surface area contributed by atoms with Gasteiger partial charge >= 0.3 is 0 Å². The Labute approximate surface area is 155 Å². The number of sulfonamides is 1. The number of pyridine rings is 1. The predicted molar refractivity (Wildman–Crippen MR) is 101 cm³/mol. The molecule has 0 spiro atoms. The lowest BCUT2D eigenvalue weighted by Gasteiger charge is -2.18. The minimum absolute atomic E-state index is 0.136. The molecule has 0 aliphatic rings. The zero-order valence-electron chi connectivity index (χ0n) is 15.4. The standard InChI is InChI=1S/C19H26N2O4S/c1-4-11-24-18-9-8-16(13-19(18)25-12-5-2)15(3)21-26(22,23)17-7-6-10-20-14-17/h6-10,13-15,21H,4-5,11-12H2,1-3H3. The summed E-state index contributed by atoms with van der Waals surface area (Å²) in [4.78, 5) is 4.00. The molecule has 0 radical (unpaired) electrons. The second kappa shape index (κ2) is 9.54. The van der Waals surface area contributed by atoms with E-state index in [1.807, 2.05) is 32.0 Å². The van der Waals surface area contributed by atoms with E-state index in [-0.39, 0.29) is 4.90 Å². The monoisotopic (exact) mass is 378 g/mol. The molecule has 0 aliphatic heterocycles. The Morgan fingerprint density at radius 3 is 2.38 bits per heavy atom. The van der Waals surface area contributed by atoms with Crippen molar-refractivity contribution in [3.8, 4) is 11.5 Å². The number of nitrogens with one attached hydrogen (secondary N) is 1. The highest BCUT2D eigenvalue weighted by Crippen LogP contribution is 2.31. The van der Waals surface area contributed by atoms with Crippen molar-refractivity contribution in [2.75, 3.05) is 13.2 Å². The van der Waals surface area contributed by atoms with Crippen LogP contribution in [-0.4, -0.2) is 26.6 Å². The van der Waals surface area contributed by atoms with Crippen LogP contribution in [0.15, 0.2) is 47.6 Å². The molecule has 7 heteroatoms. The van der Waals surface area contributed by atoms with Crippen LogP contribution in [0.3, 0.4) is 0 Å². The van der Waals surface area contributed by atoms with E-state index in [2.05, 4.69) is 9.71 Å². The van der Waals surface area contributed by atoms with Crippen molar-refractivity contribution in [1.82, 2.24) is 9.71 Å². The molecule has 1 aromatic carbocycles. The molecule has 0 saturated heterocycles. The van der Waals surface area contributed by atoms with E-state index >= 15 is 0 Å². The van der Waals surface area contributed by atoms with Gasteiger partial charge in [-0.2, -0.15) is 0 Å². The van der Waals surface area contributed by atoms with E-state index in [1.54, 1.807) is 13.0 Å². The molecule has 0 amide bonds. The zero-order chi connectivity index (χ0) is 19.0. The number of hydrogen-bond acceptors (Lipinski definition) is 5. The highest BCUT2D eigenvalue weighted by Gasteiger charge is 2.19. The summed E-state index contributed by atoms with van der Waals surface area (Å²) in [6.07, 6.45) is 4.64. The fraction of sp³-hybridized carbons (Fsp3) is 0.421. The van der Waals surface area contributed by atoms with Crippen molar-refractivity contribution < 1.29 is 17.9 Å². The molecule has 0 fully saturated rings. The quantitative estimate of drug-likeness (QED) is 0.682. The second-order valence-corrected chi connectivity index (χ2v) is 7.65. The minimum Gasteiger partial charge on any atom is -0.490 e. The number of aromatic nitrogens is 1. The lowest BCUT2D eigenvalue weighted by molar-refractivity contribution is 0.268. The van der Waals surface area contributed by atoms with Crippen LogP contribution in [0.25, 0.3) is 0 Å². The molecule has 1 heterocycles. The van der Waals surface area contributed by atoms with Gasteiger partial charge in [-0.05, 0) is 49.6 Å². The van der Waals surface area contributed by atoms with Gasteiger partial charge in [0.1, 0.15) is 4.90 Å². The van der Waals surface area contributed by atoms with Crippen molar-refractivity contribution in [1.29, 1.82) is 0 Å². The van der Waals surface area contributed by atoms with Gasteiger partial charge in [-0.3, -0.25) is 4.98 Å². The van der Waals surface area contributed by atoms with E-state index < -0.39 is 16.1 Å². The first-order valence-electron chi connectivity index (χ1n) is 8.79. The predicted octanol–water partition coefficient (Wildman–Crippen LogP) is 3.70. The second-order valence-electron chi connectivity index (χ2n) is 5.93. The maximum absolute atomic E-state index is 12.5. The number of hydrogen-bond donors (Lipinski definition) is 1. The summed E-state index contributed by atoms with van der Waals surface area (Å²) in [5.41, 5.74) is 0.799. The van der Waals surface area contributed by atoms with E-state index in [4.69, 9.17) is 9.47 Å². The van der Waals surface area contributed by atoms with E-state index in [0.29, 0.717) is 24.7 Å². The first-order chi connectivity index (χ1) is 12.5. The Bertz CT molecular complexity index is 794. The van der Waals surface area contributed by atoms with Gasteiger partial charge < -0.3 is 9.47 Å². The third kappa shape index (κ3) is 5.44. The Kier molecular flexibility index (Phi) is 7.41. The molecule has 2 rings (SSSR count). The van der Waals surface area contributed by atoms with Crippen molar-refractivity contribution in [2.45, 2.75) is 44.6 Å². The number of rotatable bonds is 10. The van der Waals surface area contributed by atoms with Crippen LogP contribution in [0.5, 0.6) is 11.5 Å². The molecule has 1 atom stereocenters. The summed E-state index contributed by atoms with van der Waals surface area (Å²) in [6.45, 7) is 7.03. The number of benzene rings is 1. The summed E-state index contributed by atoms with van der Waals surface area (Å²) < 4.78 is 39.1. The highest BCUT2D eigenvalue weighted by atomic mass is 32.2. The zero-order valence-corrected chi connectivity index (χ0v) is 16.3.